The van der Waals surface area contributed by atoms with Crippen LogP contribution in [0.5, 0.6) is 0 Å². The first kappa shape index (κ1) is 12.4. The van der Waals surface area contributed by atoms with Crippen molar-refractivity contribution in [1.82, 2.24) is 0 Å². The van der Waals surface area contributed by atoms with Crippen LogP contribution >= 0.6 is 0 Å². The summed E-state index contributed by atoms with van der Waals surface area (Å²) in [6.07, 6.45) is 1.18. The van der Waals surface area contributed by atoms with Gasteiger partial charge in [-0.3, -0.25) is 4.79 Å². The molecular weight excluding hydrogens is 170 g/mol. The molecule has 0 radical (unpaired) electrons. The van der Waals surface area contributed by atoms with Gasteiger partial charge < -0.3 is 15.9 Å². The first-order valence-corrected chi connectivity index (χ1v) is 4.56. The second kappa shape index (κ2) is 5.19. The summed E-state index contributed by atoms with van der Waals surface area (Å²) in [5.41, 5.74) is 4.27. The first-order valence-electron chi connectivity index (χ1n) is 4.56. The van der Waals surface area contributed by atoms with Crippen molar-refractivity contribution in [3.8, 4) is 0 Å². The maximum atomic E-state index is 10.9. The molecule has 0 saturated heterocycles. The number of carboxylic acids is 1. The van der Waals surface area contributed by atoms with E-state index in [1.165, 1.54) is 6.92 Å². The largest absolute Gasteiger partial charge is 0.481 e. The maximum absolute atomic E-state index is 10.9. The third-order valence-electron chi connectivity index (χ3n) is 2.56. The van der Waals surface area contributed by atoms with Crippen LogP contribution in [-0.2, 0) is 4.79 Å². The third-order valence-corrected chi connectivity index (χ3v) is 2.56. The van der Waals surface area contributed by atoms with Gasteiger partial charge in [-0.1, -0.05) is 6.42 Å². The molecule has 0 aromatic heterocycles. The van der Waals surface area contributed by atoms with Crippen LogP contribution in [0.3, 0.4) is 0 Å². The number of hydrogen-bond acceptors (Lipinski definition) is 3. The van der Waals surface area contributed by atoms with Gasteiger partial charge in [0.25, 0.3) is 0 Å². The number of nitrogens with two attached hydrogens (primary N) is 1. The number of aliphatic hydroxyl groups excluding tert-OH is 1. The summed E-state index contributed by atoms with van der Waals surface area (Å²) in [5.74, 6) is -0.945. The highest BCUT2D eigenvalue weighted by molar-refractivity contribution is 5.74. The molecule has 78 valence electrons. The van der Waals surface area contributed by atoms with Crippen LogP contribution in [0.25, 0.3) is 0 Å². The number of aliphatic hydroxyl groups is 1. The Labute approximate surface area is 78.7 Å². The molecule has 0 aliphatic rings. The summed E-state index contributed by atoms with van der Waals surface area (Å²) < 4.78 is 0. The number of hydrogen-bond donors (Lipinski definition) is 3. The molecule has 0 heterocycles. The van der Waals surface area contributed by atoms with Crippen molar-refractivity contribution in [3.63, 3.8) is 0 Å². The minimum absolute atomic E-state index is 0.469. The summed E-state index contributed by atoms with van der Waals surface area (Å²) in [6.45, 7) is 3.64. The van der Waals surface area contributed by atoms with Crippen molar-refractivity contribution in [2.24, 2.45) is 11.1 Å². The molecule has 2 unspecified atom stereocenters. The molecule has 0 spiro atoms. The normalized spacial score (nSPS) is 17.8. The van der Waals surface area contributed by atoms with Crippen molar-refractivity contribution in [2.75, 3.05) is 6.54 Å². The average molecular weight is 189 g/mol. The van der Waals surface area contributed by atoms with Crippen molar-refractivity contribution < 1.29 is 15.0 Å². The zero-order valence-electron chi connectivity index (χ0n) is 8.29. The van der Waals surface area contributed by atoms with Crippen molar-refractivity contribution in [2.45, 2.75) is 39.2 Å². The van der Waals surface area contributed by atoms with Gasteiger partial charge in [-0.2, -0.15) is 0 Å². The van der Waals surface area contributed by atoms with Crippen LogP contribution in [0.4, 0.5) is 0 Å². The number of rotatable bonds is 6. The molecule has 0 saturated carbocycles. The number of carbonyl (C=O) groups is 1. The fourth-order valence-electron chi connectivity index (χ4n) is 1.13. The predicted molar refractivity (Wildman–Crippen MR) is 50.3 cm³/mol. The van der Waals surface area contributed by atoms with Gasteiger partial charge in [-0.25, -0.2) is 0 Å². The Morgan fingerprint density at radius 3 is 2.38 bits per heavy atom. The fraction of sp³-hybridized carbons (Fsp3) is 0.889. The number of carboxylic acid groups (broad SMARTS) is 1. The van der Waals surface area contributed by atoms with E-state index in [0.717, 1.165) is 12.8 Å². The summed E-state index contributed by atoms with van der Waals surface area (Å²) in [6, 6.07) is 0. The smallest absolute Gasteiger partial charge is 0.311 e. The lowest BCUT2D eigenvalue weighted by Gasteiger charge is -2.27. The second-order valence-corrected chi connectivity index (χ2v) is 3.64. The van der Waals surface area contributed by atoms with Crippen LogP contribution in [0.2, 0.25) is 0 Å². The summed E-state index contributed by atoms with van der Waals surface area (Å²) >= 11 is 0. The van der Waals surface area contributed by atoms with Crippen molar-refractivity contribution >= 4 is 5.97 Å². The Hall–Kier alpha value is -0.610. The fourth-order valence-corrected chi connectivity index (χ4v) is 1.13. The molecule has 0 aromatic carbocycles. The quantitative estimate of drug-likeness (QED) is 0.534. The summed E-state index contributed by atoms with van der Waals surface area (Å²) in [5, 5.41) is 18.2. The van der Waals surface area contributed by atoms with Gasteiger partial charge in [0, 0.05) is 0 Å². The van der Waals surface area contributed by atoms with E-state index >= 15 is 0 Å². The Balaban J connectivity index is 4.17. The summed E-state index contributed by atoms with van der Waals surface area (Å²) in [4.78, 5) is 10.9. The van der Waals surface area contributed by atoms with Crippen LogP contribution in [0, 0.1) is 5.41 Å². The standard InChI is InChI=1S/C9H19NO3/c1-7(11)9(2,8(12)13)5-3-4-6-10/h7,11H,3-6,10H2,1-2H3,(H,12,13). The minimum atomic E-state index is -1.03. The van der Waals surface area contributed by atoms with Gasteiger partial charge in [-0.05, 0) is 33.2 Å². The molecule has 4 nitrogen and oxygen atoms in total. The van der Waals surface area contributed by atoms with Crippen LogP contribution in [0.1, 0.15) is 33.1 Å². The maximum Gasteiger partial charge on any atom is 0.311 e. The zero-order chi connectivity index (χ0) is 10.5. The predicted octanol–water partition coefficient (Wildman–Crippen LogP) is 0.587. The van der Waals surface area contributed by atoms with Gasteiger partial charge in [0.15, 0.2) is 0 Å². The highest BCUT2D eigenvalue weighted by Gasteiger charge is 2.37. The molecule has 0 rings (SSSR count). The highest BCUT2D eigenvalue weighted by Crippen LogP contribution is 2.28. The second-order valence-electron chi connectivity index (χ2n) is 3.64. The molecule has 0 aromatic rings. The first-order chi connectivity index (χ1) is 5.95. The van der Waals surface area contributed by atoms with E-state index in [1.54, 1.807) is 6.92 Å². The molecule has 0 aliphatic heterocycles. The molecule has 0 aliphatic carbocycles. The molecule has 0 bridgehead atoms. The van der Waals surface area contributed by atoms with Gasteiger partial charge in [0.1, 0.15) is 0 Å². The molecule has 4 N–H and O–H groups in total. The topological polar surface area (TPSA) is 83.5 Å². The zero-order valence-corrected chi connectivity index (χ0v) is 8.29. The third kappa shape index (κ3) is 3.32. The molecule has 13 heavy (non-hydrogen) atoms. The number of aliphatic carboxylic acids is 1. The lowest BCUT2D eigenvalue weighted by molar-refractivity contribution is -0.155. The van der Waals surface area contributed by atoms with Crippen molar-refractivity contribution in [3.05, 3.63) is 0 Å². The molecule has 0 amide bonds. The Morgan fingerprint density at radius 2 is 2.08 bits per heavy atom. The van der Waals surface area contributed by atoms with Gasteiger partial charge in [0.2, 0.25) is 0 Å². The van der Waals surface area contributed by atoms with E-state index in [9.17, 15) is 9.90 Å². The molecule has 2 atom stereocenters. The average Bonchev–Trinajstić information content (AvgIpc) is 2.03. The van der Waals surface area contributed by atoms with Gasteiger partial charge in [0.05, 0.1) is 11.5 Å². The van der Waals surface area contributed by atoms with Crippen LogP contribution in [-0.4, -0.2) is 28.8 Å². The minimum Gasteiger partial charge on any atom is -0.481 e. The number of unbranched alkanes of at least 4 members (excludes halogenated alkanes) is 1. The van der Waals surface area contributed by atoms with E-state index in [2.05, 4.69) is 0 Å². The molecule has 0 fully saturated rings. The van der Waals surface area contributed by atoms with E-state index in [-0.39, 0.29) is 0 Å². The Kier molecular flexibility index (Phi) is 4.95. The summed E-state index contributed by atoms with van der Waals surface area (Å²) in [7, 11) is 0. The van der Waals surface area contributed by atoms with E-state index in [1.807, 2.05) is 0 Å². The van der Waals surface area contributed by atoms with Crippen molar-refractivity contribution in [1.29, 1.82) is 0 Å². The van der Waals surface area contributed by atoms with Gasteiger partial charge >= 0.3 is 5.97 Å². The van der Waals surface area contributed by atoms with E-state index < -0.39 is 17.5 Å². The highest BCUT2D eigenvalue weighted by atomic mass is 16.4. The molecular formula is C9H19NO3. The lowest BCUT2D eigenvalue weighted by Crippen LogP contribution is -2.38. The SMILES string of the molecule is CC(O)C(C)(CCCCN)C(=O)O. The Bertz CT molecular complexity index is 170. The lowest BCUT2D eigenvalue weighted by atomic mass is 9.80. The van der Waals surface area contributed by atoms with E-state index in [4.69, 9.17) is 10.8 Å². The van der Waals surface area contributed by atoms with E-state index in [0.29, 0.717) is 13.0 Å². The van der Waals surface area contributed by atoms with Crippen LogP contribution < -0.4 is 5.73 Å². The van der Waals surface area contributed by atoms with Gasteiger partial charge in [-0.15, -0.1) is 0 Å². The Morgan fingerprint density at radius 1 is 1.54 bits per heavy atom. The molecule has 4 heteroatoms. The van der Waals surface area contributed by atoms with Crippen LogP contribution in [0.15, 0.2) is 0 Å². The monoisotopic (exact) mass is 189 g/mol.